The molecule has 0 aliphatic carbocycles. The Labute approximate surface area is 98.6 Å². The summed E-state index contributed by atoms with van der Waals surface area (Å²) in [5.74, 6) is 0.178. The predicted octanol–water partition coefficient (Wildman–Crippen LogP) is 0.573. The summed E-state index contributed by atoms with van der Waals surface area (Å²) in [5, 5.41) is 2.76. The first-order valence-electron chi connectivity index (χ1n) is 6.27. The second kappa shape index (κ2) is 6.21. The standard InChI is InChI=1S/C12H25N3O/c1-12(11(16)14-2)6-9-15(10-12)8-5-3-4-7-13/h3-10,13H2,1-2H3,(H,14,16). The summed E-state index contributed by atoms with van der Waals surface area (Å²) >= 11 is 0. The fourth-order valence-corrected chi connectivity index (χ4v) is 2.39. The van der Waals surface area contributed by atoms with Gasteiger partial charge in [-0.05, 0) is 45.8 Å². The van der Waals surface area contributed by atoms with E-state index < -0.39 is 0 Å². The zero-order valence-corrected chi connectivity index (χ0v) is 10.6. The quantitative estimate of drug-likeness (QED) is 0.652. The molecule has 0 radical (unpaired) electrons. The number of carbonyl (C=O) groups is 1. The summed E-state index contributed by atoms with van der Waals surface area (Å²) in [4.78, 5) is 14.1. The fourth-order valence-electron chi connectivity index (χ4n) is 2.39. The summed E-state index contributed by atoms with van der Waals surface area (Å²) in [7, 11) is 1.72. The van der Waals surface area contributed by atoms with Gasteiger partial charge >= 0.3 is 0 Å². The van der Waals surface area contributed by atoms with E-state index in [9.17, 15) is 4.79 Å². The molecule has 4 heteroatoms. The highest BCUT2D eigenvalue weighted by Gasteiger charge is 2.39. The molecule has 94 valence electrons. The van der Waals surface area contributed by atoms with Gasteiger partial charge in [0.25, 0.3) is 0 Å². The van der Waals surface area contributed by atoms with Crippen LogP contribution in [0.25, 0.3) is 0 Å². The zero-order chi connectivity index (χ0) is 12.0. The largest absolute Gasteiger partial charge is 0.359 e. The molecule has 1 atom stereocenters. The summed E-state index contributed by atoms with van der Waals surface area (Å²) in [6.07, 6.45) is 4.48. The second-order valence-corrected chi connectivity index (χ2v) is 5.02. The number of hydrogen-bond acceptors (Lipinski definition) is 3. The zero-order valence-electron chi connectivity index (χ0n) is 10.6. The molecule has 0 saturated carbocycles. The Morgan fingerprint density at radius 3 is 2.81 bits per heavy atom. The molecule has 0 aromatic carbocycles. The Bertz CT molecular complexity index is 232. The van der Waals surface area contributed by atoms with E-state index >= 15 is 0 Å². The lowest BCUT2D eigenvalue weighted by molar-refractivity contribution is -0.129. The molecule has 0 bridgehead atoms. The van der Waals surface area contributed by atoms with Gasteiger partial charge in [0.15, 0.2) is 0 Å². The average molecular weight is 227 g/mol. The summed E-state index contributed by atoms with van der Waals surface area (Å²) in [5.41, 5.74) is 5.28. The minimum absolute atomic E-state index is 0.178. The smallest absolute Gasteiger partial charge is 0.227 e. The number of unbranched alkanes of at least 4 members (excludes halogenated alkanes) is 2. The number of nitrogens with one attached hydrogen (secondary N) is 1. The van der Waals surface area contributed by atoms with Crippen molar-refractivity contribution in [2.45, 2.75) is 32.6 Å². The molecule has 1 aliphatic rings. The molecule has 16 heavy (non-hydrogen) atoms. The maximum atomic E-state index is 11.7. The van der Waals surface area contributed by atoms with Crippen molar-refractivity contribution in [3.8, 4) is 0 Å². The summed E-state index contributed by atoms with van der Waals surface area (Å²) in [6.45, 7) is 5.90. The Hall–Kier alpha value is -0.610. The van der Waals surface area contributed by atoms with Crippen LogP contribution in [-0.2, 0) is 4.79 Å². The van der Waals surface area contributed by atoms with E-state index in [-0.39, 0.29) is 11.3 Å². The Balaban J connectivity index is 2.26. The van der Waals surface area contributed by atoms with Crippen LogP contribution < -0.4 is 11.1 Å². The van der Waals surface area contributed by atoms with Gasteiger partial charge in [-0.15, -0.1) is 0 Å². The van der Waals surface area contributed by atoms with Crippen LogP contribution in [-0.4, -0.2) is 44.0 Å². The highest BCUT2D eigenvalue weighted by atomic mass is 16.2. The van der Waals surface area contributed by atoms with Gasteiger partial charge in [0.05, 0.1) is 5.41 Å². The van der Waals surface area contributed by atoms with E-state index in [1.54, 1.807) is 7.05 Å². The highest BCUT2D eigenvalue weighted by molar-refractivity contribution is 5.82. The highest BCUT2D eigenvalue weighted by Crippen LogP contribution is 2.30. The van der Waals surface area contributed by atoms with Crippen LogP contribution in [0.3, 0.4) is 0 Å². The van der Waals surface area contributed by atoms with Gasteiger partial charge in [-0.1, -0.05) is 6.42 Å². The fraction of sp³-hybridized carbons (Fsp3) is 0.917. The van der Waals surface area contributed by atoms with E-state index in [4.69, 9.17) is 5.73 Å². The molecule has 4 nitrogen and oxygen atoms in total. The van der Waals surface area contributed by atoms with Gasteiger partial charge in [0.2, 0.25) is 5.91 Å². The minimum Gasteiger partial charge on any atom is -0.359 e. The number of amides is 1. The second-order valence-electron chi connectivity index (χ2n) is 5.02. The van der Waals surface area contributed by atoms with E-state index in [1.807, 2.05) is 0 Å². The summed E-state index contributed by atoms with van der Waals surface area (Å²) in [6, 6.07) is 0. The lowest BCUT2D eigenvalue weighted by Crippen LogP contribution is -2.39. The van der Waals surface area contributed by atoms with E-state index in [0.29, 0.717) is 0 Å². The monoisotopic (exact) mass is 227 g/mol. The molecule has 3 N–H and O–H groups in total. The third-order valence-electron chi connectivity index (χ3n) is 3.51. The molecular weight excluding hydrogens is 202 g/mol. The number of nitrogens with zero attached hydrogens (tertiary/aromatic N) is 1. The third kappa shape index (κ3) is 3.46. The molecule has 1 saturated heterocycles. The Kier molecular flexibility index (Phi) is 5.22. The van der Waals surface area contributed by atoms with Crippen molar-refractivity contribution in [1.82, 2.24) is 10.2 Å². The average Bonchev–Trinajstić information content (AvgIpc) is 2.67. The SMILES string of the molecule is CNC(=O)C1(C)CCN(CCCCCN)C1. The maximum Gasteiger partial charge on any atom is 0.227 e. The van der Waals surface area contributed by atoms with Crippen molar-refractivity contribution in [2.75, 3.05) is 33.2 Å². The summed E-state index contributed by atoms with van der Waals surface area (Å²) < 4.78 is 0. The van der Waals surface area contributed by atoms with Gasteiger partial charge in [-0.25, -0.2) is 0 Å². The predicted molar refractivity (Wildman–Crippen MR) is 66.1 cm³/mol. The Morgan fingerprint density at radius 2 is 2.19 bits per heavy atom. The molecule has 1 unspecified atom stereocenters. The van der Waals surface area contributed by atoms with Crippen molar-refractivity contribution in [3.05, 3.63) is 0 Å². The van der Waals surface area contributed by atoms with E-state index in [2.05, 4.69) is 17.1 Å². The molecule has 0 spiro atoms. The molecular formula is C12H25N3O. The number of nitrogens with two attached hydrogens (primary N) is 1. The Morgan fingerprint density at radius 1 is 1.44 bits per heavy atom. The molecule has 1 aliphatic heterocycles. The molecule has 0 aromatic heterocycles. The molecule has 1 rings (SSSR count). The van der Waals surface area contributed by atoms with Gasteiger partial charge in [-0.2, -0.15) is 0 Å². The lowest BCUT2D eigenvalue weighted by Gasteiger charge is -2.22. The van der Waals surface area contributed by atoms with Crippen LogP contribution in [0.15, 0.2) is 0 Å². The van der Waals surface area contributed by atoms with Crippen LogP contribution in [0.1, 0.15) is 32.6 Å². The van der Waals surface area contributed by atoms with Crippen molar-refractivity contribution in [3.63, 3.8) is 0 Å². The van der Waals surface area contributed by atoms with Crippen molar-refractivity contribution >= 4 is 5.91 Å². The third-order valence-corrected chi connectivity index (χ3v) is 3.51. The molecule has 0 aromatic rings. The van der Waals surface area contributed by atoms with Crippen LogP contribution in [0, 0.1) is 5.41 Å². The van der Waals surface area contributed by atoms with Crippen molar-refractivity contribution < 1.29 is 4.79 Å². The van der Waals surface area contributed by atoms with Crippen LogP contribution in [0.2, 0.25) is 0 Å². The van der Waals surface area contributed by atoms with Gasteiger partial charge in [-0.3, -0.25) is 4.79 Å². The van der Waals surface area contributed by atoms with Crippen LogP contribution in [0.4, 0.5) is 0 Å². The first-order chi connectivity index (χ1) is 7.62. The van der Waals surface area contributed by atoms with E-state index in [1.165, 1.54) is 12.8 Å². The van der Waals surface area contributed by atoms with Crippen molar-refractivity contribution in [2.24, 2.45) is 11.1 Å². The normalized spacial score (nSPS) is 25.9. The topological polar surface area (TPSA) is 58.4 Å². The first kappa shape index (κ1) is 13.5. The number of rotatable bonds is 6. The molecule has 1 amide bonds. The van der Waals surface area contributed by atoms with E-state index in [0.717, 1.165) is 39.0 Å². The van der Waals surface area contributed by atoms with Crippen LogP contribution in [0.5, 0.6) is 0 Å². The number of carbonyl (C=O) groups excluding carboxylic acids is 1. The van der Waals surface area contributed by atoms with Gasteiger partial charge in [0, 0.05) is 13.6 Å². The van der Waals surface area contributed by atoms with Gasteiger partial charge in [0.1, 0.15) is 0 Å². The van der Waals surface area contributed by atoms with Crippen molar-refractivity contribution in [1.29, 1.82) is 0 Å². The molecule has 1 fully saturated rings. The minimum atomic E-state index is -0.178. The number of hydrogen-bond donors (Lipinski definition) is 2. The first-order valence-corrected chi connectivity index (χ1v) is 6.27. The van der Waals surface area contributed by atoms with Crippen LogP contribution >= 0.6 is 0 Å². The van der Waals surface area contributed by atoms with Gasteiger partial charge < -0.3 is 16.0 Å². The maximum absolute atomic E-state index is 11.7. The molecule has 1 heterocycles. The lowest BCUT2D eigenvalue weighted by atomic mass is 9.89. The number of likely N-dealkylation sites (tertiary alicyclic amines) is 1.